The summed E-state index contributed by atoms with van der Waals surface area (Å²) in [4.78, 5) is 27.4. The Morgan fingerprint density at radius 1 is 1.26 bits per heavy atom. The zero-order chi connectivity index (χ0) is 17.0. The molecule has 122 valence electrons. The number of nitrogens with one attached hydrogen (secondary N) is 1. The average molecular weight is 316 g/mol. The summed E-state index contributed by atoms with van der Waals surface area (Å²) < 4.78 is 5.60. The highest BCUT2D eigenvalue weighted by atomic mass is 16.4. The molecule has 0 aliphatic heterocycles. The largest absolute Gasteiger partial charge is 0.481 e. The number of carboxylic acids is 1. The van der Waals surface area contributed by atoms with E-state index in [1.165, 1.54) is 0 Å². The first-order chi connectivity index (χ1) is 10.8. The zero-order valence-corrected chi connectivity index (χ0v) is 13.4. The Bertz CT molecular complexity index is 705. The summed E-state index contributed by atoms with van der Waals surface area (Å²) in [5.41, 5.74) is 0.382. The number of oxazole rings is 1. The maximum atomic E-state index is 12.0. The third-order valence-corrected chi connectivity index (χ3v) is 3.55. The first-order valence-electron chi connectivity index (χ1n) is 7.31. The van der Waals surface area contributed by atoms with E-state index < -0.39 is 11.4 Å². The molecule has 1 aromatic carbocycles. The van der Waals surface area contributed by atoms with Crippen LogP contribution in [0.15, 0.2) is 34.7 Å². The highest BCUT2D eigenvalue weighted by Gasteiger charge is 2.27. The van der Waals surface area contributed by atoms with Crippen LogP contribution in [-0.2, 0) is 16.0 Å². The van der Waals surface area contributed by atoms with E-state index in [2.05, 4.69) is 10.3 Å². The van der Waals surface area contributed by atoms with Crippen molar-refractivity contribution in [3.8, 4) is 11.5 Å². The molecule has 1 amide bonds. The fourth-order valence-electron chi connectivity index (χ4n) is 1.91. The van der Waals surface area contributed by atoms with Gasteiger partial charge in [-0.05, 0) is 32.9 Å². The molecule has 23 heavy (non-hydrogen) atoms. The van der Waals surface area contributed by atoms with Gasteiger partial charge in [-0.2, -0.15) is 0 Å². The molecule has 6 heteroatoms. The minimum atomic E-state index is -1.01. The van der Waals surface area contributed by atoms with Gasteiger partial charge in [0.05, 0.1) is 17.5 Å². The second-order valence-electron chi connectivity index (χ2n) is 6.03. The van der Waals surface area contributed by atoms with Crippen LogP contribution >= 0.6 is 0 Å². The van der Waals surface area contributed by atoms with Gasteiger partial charge in [-0.3, -0.25) is 9.59 Å². The molecule has 0 saturated heterocycles. The average Bonchev–Trinajstić information content (AvgIpc) is 2.87. The molecule has 2 N–H and O–H groups in total. The second kappa shape index (κ2) is 6.64. The molecule has 2 aromatic rings. The Morgan fingerprint density at radius 3 is 2.52 bits per heavy atom. The molecule has 0 atom stereocenters. The number of benzene rings is 1. The fourth-order valence-corrected chi connectivity index (χ4v) is 1.91. The zero-order valence-electron chi connectivity index (χ0n) is 13.4. The number of hydrogen-bond acceptors (Lipinski definition) is 4. The molecular weight excluding hydrogens is 296 g/mol. The van der Waals surface area contributed by atoms with Gasteiger partial charge in [0.15, 0.2) is 0 Å². The minimum Gasteiger partial charge on any atom is -0.481 e. The van der Waals surface area contributed by atoms with Gasteiger partial charge < -0.3 is 14.8 Å². The summed E-state index contributed by atoms with van der Waals surface area (Å²) in [6.07, 6.45) is 0.0534. The number of nitrogens with zero attached hydrogens (tertiary/aromatic N) is 1. The topological polar surface area (TPSA) is 92.4 Å². The molecule has 0 bridgehead atoms. The number of aromatic nitrogens is 1. The predicted octanol–water partition coefficient (Wildman–Crippen LogP) is 2.42. The standard InChI is InChI=1S/C17H20N2O4/c1-11-13(9-14(20)18-10-17(2,3)16(21)22)19-15(23-11)12-7-5-4-6-8-12/h4-8H,9-10H2,1-3H3,(H,18,20)(H,21,22). The van der Waals surface area contributed by atoms with Gasteiger partial charge in [-0.1, -0.05) is 18.2 Å². The first kappa shape index (κ1) is 16.7. The number of aryl methyl sites for hydroxylation is 1. The van der Waals surface area contributed by atoms with E-state index in [0.29, 0.717) is 17.3 Å². The molecule has 2 rings (SSSR count). The normalized spacial score (nSPS) is 11.3. The number of rotatable bonds is 6. The Kier molecular flexibility index (Phi) is 4.83. The molecular formula is C17H20N2O4. The predicted molar refractivity (Wildman–Crippen MR) is 84.8 cm³/mol. The lowest BCUT2D eigenvalue weighted by Gasteiger charge is -2.19. The van der Waals surface area contributed by atoms with E-state index in [4.69, 9.17) is 9.52 Å². The third-order valence-electron chi connectivity index (χ3n) is 3.55. The summed E-state index contributed by atoms with van der Waals surface area (Å²) in [5.74, 6) is -0.189. The Balaban J connectivity index is 2.02. The van der Waals surface area contributed by atoms with Crippen molar-refractivity contribution >= 4 is 11.9 Å². The molecule has 0 fully saturated rings. The lowest BCUT2D eigenvalue weighted by molar-refractivity contribution is -0.146. The maximum Gasteiger partial charge on any atom is 0.310 e. The Labute approximate surface area is 134 Å². The van der Waals surface area contributed by atoms with Gasteiger partial charge in [-0.25, -0.2) is 4.98 Å². The van der Waals surface area contributed by atoms with Crippen LogP contribution in [0.3, 0.4) is 0 Å². The van der Waals surface area contributed by atoms with Gasteiger partial charge in [0, 0.05) is 12.1 Å². The molecule has 0 unspecified atom stereocenters. The van der Waals surface area contributed by atoms with Crippen LogP contribution in [-0.4, -0.2) is 28.5 Å². The number of carbonyl (C=O) groups is 2. The van der Waals surface area contributed by atoms with Crippen molar-refractivity contribution in [3.05, 3.63) is 41.8 Å². The number of aliphatic carboxylic acids is 1. The van der Waals surface area contributed by atoms with Gasteiger partial charge >= 0.3 is 5.97 Å². The maximum absolute atomic E-state index is 12.0. The van der Waals surface area contributed by atoms with Crippen LogP contribution in [0.5, 0.6) is 0 Å². The van der Waals surface area contributed by atoms with E-state index >= 15 is 0 Å². The first-order valence-corrected chi connectivity index (χ1v) is 7.31. The summed E-state index contributed by atoms with van der Waals surface area (Å²) in [6.45, 7) is 4.93. The van der Waals surface area contributed by atoms with Crippen LogP contribution in [0.25, 0.3) is 11.5 Å². The van der Waals surface area contributed by atoms with E-state index in [-0.39, 0.29) is 18.9 Å². The molecule has 1 aromatic heterocycles. The van der Waals surface area contributed by atoms with E-state index in [1.807, 2.05) is 30.3 Å². The second-order valence-corrected chi connectivity index (χ2v) is 6.03. The van der Waals surface area contributed by atoms with E-state index in [9.17, 15) is 9.59 Å². The van der Waals surface area contributed by atoms with Gasteiger partial charge in [-0.15, -0.1) is 0 Å². The van der Waals surface area contributed by atoms with Gasteiger partial charge in [0.1, 0.15) is 5.76 Å². The molecule has 0 aliphatic carbocycles. The van der Waals surface area contributed by atoms with Crippen molar-refractivity contribution in [2.75, 3.05) is 6.54 Å². The smallest absolute Gasteiger partial charge is 0.310 e. The highest BCUT2D eigenvalue weighted by molar-refractivity contribution is 5.80. The van der Waals surface area contributed by atoms with Crippen molar-refractivity contribution in [3.63, 3.8) is 0 Å². The number of amides is 1. The quantitative estimate of drug-likeness (QED) is 0.854. The van der Waals surface area contributed by atoms with Crippen LogP contribution in [0, 0.1) is 12.3 Å². The van der Waals surface area contributed by atoms with Gasteiger partial charge in [0.2, 0.25) is 11.8 Å². The Morgan fingerprint density at radius 2 is 1.91 bits per heavy atom. The SMILES string of the molecule is Cc1oc(-c2ccccc2)nc1CC(=O)NCC(C)(C)C(=O)O. The van der Waals surface area contributed by atoms with Crippen LogP contribution < -0.4 is 5.32 Å². The highest BCUT2D eigenvalue weighted by Crippen LogP contribution is 2.21. The van der Waals surface area contributed by atoms with Crippen molar-refractivity contribution < 1.29 is 19.1 Å². The summed E-state index contributed by atoms with van der Waals surface area (Å²) in [5, 5.41) is 11.7. The van der Waals surface area contributed by atoms with E-state index in [0.717, 1.165) is 5.56 Å². The van der Waals surface area contributed by atoms with Crippen molar-refractivity contribution in [2.24, 2.45) is 5.41 Å². The summed E-state index contributed by atoms with van der Waals surface area (Å²) in [7, 11) is 0. The molecule has 0 aliphatic rings. The minimum absolute atomic E-state index is 0.0534. The summed E-state index contributed by atoms with van der Waals surface area (Å²) >= 11 is 0. The molecule has 1 heterocycles. The number of carbonyl (C=O) groups excluding carboxylic acids is 1. The number of hydrogen-bond donors (Lipinski definition) is 2. The Hall–Kier alpha value is -2.63. The molecule has 0 radical (unpaired) electrons. The molecule has 0 spiro atoms. The summed E-state index contributed by atoms with van der Waals surface area (Å²) in [6, 6.07) is 9.43. The van der Waals surface area contributed by atoms with Crippen molar-refractivity contribution in [2.45, 2.75) is 27.2 Å². The van der Waals surface area contributed by atoms with Crippen LogP contribution in [0.4, 0.5) is 0 Å². The van der Waals surface area contributed by atoms with Crippen LogP contribution in [0.1, 0.15) is 25.3 Å². The van der Waals surface area contributed by atoms with Gasteiger partial charge in [0.25, 0.3) is 0 Å². The fraction of sp³-hybridized carbons (Fsp3) is 0.353. The van der Waals surface area contributed by atoms with Crippen LogP contribution in [0.2, 0.25) is 0 Å². The molecule has 6 nitrogen and oxygen atoms in total. The van der Waals surface area contributed by atoms with E-state index in [1.54, 1.807) is 20.8 Å². The van der Waals surface area contributed by atoms with Crippen molar-refractivity contribution in [1.82, 2.24) is 10.3 Å². The monoisotopic (exact) mass is 316 g/mol. The van der Waals surface area contributed by atoms with Crippen molar-refractivity contribution in [1.29, 1.82) is 0 Å². The lowest BCUT2D eigenvalue weighted by Crippen LogP contribution is -2.39. The lowest BCUT2D eigenvalue weighted by atomic mass is 9.94. The molecule has 0 saturated carbocycles. The number of carboxylic acid groups (broad SMARTS) is 1. The third kappa shape index (κ3) is 4.18.